The van der Waals surface area contributed by atoms with Crippen molar-refractivity contribution in [1.29, 1.82) is 0 Å². The number of rotatable bonds is 3. The van der Waals surface area contributed by atoms with Crippen molar-refractivity contribution in [3.63, 3.8) is 0 Å². The normalized spacial score (nSPS) is 18.0. The van der Waals surface area contributed by atoms with Crippen LogP contribution < -0.4 is 0 Å². The highest BCUT2D eigenvalue weighted by atomic mass is 16.2. The number of nitrogens with zero attached hydrogens (tertiary/aromatic N) is 6. The van der Waals surface area contributed by atoms with E-state index in [1.54, 1.807) is 16.9 Å². The van der Waals surface area contributed by atoms with E-state index in [9.17, 15) is 4.79 Å². The smallest absolute Gasteiger partial charge is 0.257 e. The molecule has 4 heterocycles. The van der Waals surface area contributed by atoms with Crippen molar-refractivity contribution in [2.75, 3.05) is 13.1 Å². The molecule has 1 fully saturated rings. The van der Waals surface area contributed by atoms with E-state index in [0.29, 0.717) is 18.2 Å². The molecule has 1 saturated heterocycles. The Balaban J connectivity index is 1.60. The molecule has 0 radical (unpaired) electrons. The monoisotopic (exact) mass is 352 g/mol. The average Bonchev–Trinajstić information content (AvgIpc) is 3.31. The van der Waals surface area contributed by atoms with Crippen molar-refractivity contribution in [3.8, 4) is 0 Å². The number of piperidine rings is 1. The molecular formula is C19H24N6O. The highest BCUT2D eigenvalue weighted by Crippen LogP contribution is 2.28. The van der Waals surface area contributed by atoms with Crippen LogP contribution in [0.3, 0.4) is 0 Å². The van der Waals surface area contributed by atoms with Gasteiger partial charge in [-0.15, -0.1) is 0 Å². The van der Waals surface area contributed by atoms with E-state index in [0.717, 1.165) is 36.6 Å². The molecule has 1 aliphatic rings. The van der Waals surface area contributed by atoms with Crippen molar-refractivity contribution in [2.24, 2.45) is 0 Å². The minimum absolute atomic E-state index is 0.0275. The lowest BCUT2D eigenvalue weighted by Crippen LogP contribution is -2.40. The van der Waals surface area contributed by atoms with Gasteiger partial charge in [-0.2, -0.15) is 5.10 Å². The minimum Gasteiger partial charge on any atom is -0.338 e. The molecule has 7 nitrogen and oxygen atoms in total. The second-order valence-corrected chi connectivity index (χ2v) is 7.24. The van der Waals surface area contributed by atoms with Gasteiger partial charge in [-0.05, 0) is 33.6 Å². The van der Waals surface area contributed by atoms with Crippen LogP contribution >= 0.6 is 0 Å². The van der Waals surface area contributed by atoms with Crippen LogP contribution in [0.1, 0.15) is 60.5 Å². The fraction of sp³-hybridized carbons (Fsp3) is 0.474. The lowest BCUT2D eigenvalue weighted by Gasteiger charge is -2.33. The van der Waals surface area contributed by atoms with Crippen LogP contribution in [0, 0.1) is 6.92 Å². The molecule has 3 aromatic heterocycles. The molecular weight excluding hydrogens is 328 g/mol. The Morgan fingerprint density at radius 3 is 2.92 bits per heavy atom. The first-order valence-electron chi connectivity index (χ1n) is 9.17. The predicted molar refractivity (Wildman–Crippen MR) is 98.2 cm³/mol. The number of hydrogen-bond acceptors (Lipinski definition) is 4. The first kappa shape index (κ1) is 16.8. The van der Waals surface area contributed by atoms with E-state index in [1.165, 1.54) is 0 Å². The lowest BCUT2D eigenvalue weighted by atomic mass is 9.96. The summed E-state index contributed by atoms with van der Waals surface area (Å²) in [4.78, 5) is 24.0. The lowest BCUT2D eigenvalue weighted by molar-refractivity contribution is 0.0701. The van der Waals surface area contributed by atoms with Crippen molar-refractivity contribution in [3.05, 3.63) is 47.9 Å². The van der Waals surface area contributed by atoms with Gasteiger partial charge in [0, 0.05) is 49.7 Å². The molecule has 0 bridgehead atoms. The SMILES string of the molecule is Cc1c(C(=O)N2CCC[C@H](c3nccn3C(C)C)C2)cnc2ccnn12. The largest absolute Gasteiger partial charge is 0.338 e. The van der Waals surface area contributed by atoms with Crippen LogP contribution in [-0.4, -0.2) is 48.0 Å². The van der Waals surface area contributed by atoms with Crippen LogP contribution in [0.25, 0.3) is 5.65 Å². The molecule has 0 N–H and O–H groups in total. The van der Waals surface area contributed by atoms with E-state index in [2.05, 4.69) is 33.5 Å². The third-order valence-electron chi connectivity index (χ3n) is 5.22. The molecule has 0 saturated carbocycles. The van der Waals surface area contributed by atoms with Crippen molar-refractivity contribution < 1.29 is 4.79 Å². The Bertz CT molecular complexity index is 941. The van der Waals surface area contributed by atoms with Crippen LogP contribution in [0.4, 0.5) is 0 Å². The summed E-state index contributed by atoms with van der Waals surface area (Å²) in [6.45, 7) is 7.70. The summed E-state index contributed by atoms with van der Waals surface area (Å²) in [5.74, 6) is 1.38. The number of carbonyl (C=O) groups is 1. The van der Waals surface area contributed by atoms with E-state index in [-0.39, 0.29) is 11.8 Å². The quantitative estimate of drug-likeness (QED) is 0.727. The summed E-state index contributed by atoms with van der Waals surface area (Å²) in [5, 5.41) is 4.26. The number of fused-ring (bicyclic) bond motifs is 1. The molecule has 136 valence electrons. The Morgan fingerprint density at radius 1 is 1.27 bits per heavy atom. The average molecular weight is 352 g/mol. The number of aromatic nitrogens is 5. The Morgan fingerprint density at radius 2 is 2.12 bits per heavy atom. The fourth-order valence-electron chi connectivity index (χ4n) is 3.82. The zero-order valence-electron chi connectivity index (χ0n) is 15.5. The van der Waals surface area contributed by atoms with Crippen molar-refractivity contribution in [1.82, 2.24) is 29.0 Å². The molecule has 4 rings (SSSR count). The van der Waals surface area contributed by atoms with Crippen LogP contribution in [0.15, 0.2) is 30.9 Å². The zero-order chi connectivity index (χ0) is 18.3. The van der Waals surface area contributed by atoms with Crippen LogP contribution in [-0.2, 0) is 0 Å². The van der Waals surface area contributed by atoms with Gasteiger partial charge in [0.15, 0.2) is 5.65 Å². The van der Waals surface area contributed by atoms with Crippen molar-refractivity contribution in [2.45, 2.75) is 45.6 Å². The number of aryl methyl sites for hydroxylation is 1. The summed E-state index contributed by atoms with van der Waals surface area (Å²) >= 11 is 0. The molecule has 1 aliphatic heterocycles. The van der Waals surface area contributed by atoms with Crippen molar-refractivity contribution >= 4 is 11.6 Å². The zero-order valence-corrected chi connectivity index (χ0v) is 15.5. The van der Waals surface area contributed by atoms with E-state index < -0.39 is 0 Å². The van der Waals surface area contributed by atoms with Gasteiger partial charge in [0.2, 0.25) is 0 Å². The third kappa shape index (κ3) is 2.77. The van der Waals surface area contributed by atoms with Gasteiger partial charge in [-0.3, -0.25) is 4.79 Å². The summed E-state index contributed by atoms with van der Waals surface area (Å²) < 4.78 is 3.93. The van der Waals surface area contributed by atoms with Gasteiger partial charge in [0.25, 0.3) is 5.91 Å². The Hall–Kier alpha value is -2.70. The second kappa shape index (κ2) is 6.55. The van der Waals surface area contributed by atoms with E-state index in [1.807, 2.05) is 30.3 Å². The maximum absolute atomic E-state index is 13.1. The molecule has 0 spiro atoms. The van der Waals surface area contributed by atoms with Gasteiger partial charge < -0.3 is 9.47 Å². The number of likely N-dealkylation sites (tertiary alicyclic amines) is 1. The maximum Gasteiger partial charge on any atom is 0.257 e. The molecule has 1 atom stereocenters. The van der Waals surface area contributed by atoms with Gasteiger partial charge >= 0.3 is 0 Å². The minimum atomic E-state index is 0.0275. The summed E-state index contributed by atoms with van der Waals surface area (Å²) in [6, 6.07) is 2.21. The Labute approximate surface area is 152 Å². The first-order chi connectivity index (χ1) is 12.6. The third-order valence-corrected chi connectivity index (χ3v) is 5.22. The van der Waals surface area contributed by atoms with E-state index >= 15 is 0 Å². The predicted octanol–water partition coefficient (Wildman–Crippen LogP) is 2.83. The molecule has 0 aliphatic carbocycles. The number of imidazole rings is 1. The number of amides is 1. The van der Waals surface area contributed by atoms with Gasteiger partial charge in [0.05, 0.1) is 17.5 Å². The molecule has 1 amide bonds. The highest BCUT2D eigenvalue weighted by molar-refractivity contribution is 5.95. The van der Waals surface area contributed by atoms with Crippen LogP contribution in [0.5, 0.6) is 0 Å². The molecule has 7 heteroatoms. The van der Waals surface area contributed by atoms with E-state index in [4.69, 9.17) is 0 Å². The standard InChI is InChI=1S/C19H24N6O/c1-13(2)24-10-8-20-18(24)15-5-4-9-23(12-15)19(26)16-11-21-17-6-7-22-25(17)14(16)3/h6-8,10-11,13,15H,4-5,9,12H2,1-3H3/t15-/m0/s1. The molecule has 3 aromatic rings. The summed E-state index contributed by atoms with van der Waals surface area (Å²) in [6.07, 6.45) is 9.30. The van der Waals surface area contributed by atoms with Crippen LogP contribution in [0.2, 0.25) is 0 Å². The highest BCUT2D eigenvalue weighted by Gasteiger charge is 2.29. The van der Waals surface area contributed by atoms with Gasteiger partial charge in [0.1, 0.15) is 5.82 Å². The number of carbonyl (C=O) groups excluding carboxylic acids is 1. The molecule has 0 aromatic carbocycles. The molecule has 0 unspecified atom stereocenters. The van der Waals surface area contributed by atoms with Gasteiger partial charge in [-0.25, -0.2) is 14.5 Å². The molecule has 26 heavy (non-hydrogen) atoms. The number of hydrogen-bond donors (Lipinski definition) is 0. The Kier molecular flexibility index (Phi) is 4.22. The first-order valence-corrected chi connectivity index (χ1v) is 9.17. The fourth-order valence-corrected chi connectivity index (χ4v) is 3.82. The topological polar surface area (TPSA) is 68.3 Å². The van der Waals surface area contributed by atoms with Gasteiger partial charge in [-0.1, -0.05) is 0 Å². The summed E-state index contributed by atoms with van der Waals surface area (Å²) in [7, 11) is 0. The maximum atomic E-state index is 13.1. The second-order valence-electron chi connectivity index (χ2n) is 7.24. The summed E-state index contributed by atoms with van der Waals surface area (Å²) in [5.41, 5.74) is 2.21.